The molecule has 2 aromatic carbocycles. The number of hydrogen-bond acceptors (Lipinski definition) is 2. The van der Waals surface area contributed by atoms with Gasteiger partial charge >= 0.3 is 0 Å². The molecule has 0 saturated heterocycles. The van der Waals surface area contributed by atoms with E-state index in [1.807, 2.05) is 55.5 Å². The summed E-state index contributed by atoms with van der Waals surface area (Å²) in [6.45, 7) is 2.53. The van der Waals surface area contributed by atoms with Gasteiger partial charge in [-0.05, 0) is 29.7 Å². The Morgan fingerprint density at radius 1 is 1.14 bits per heavy atom. The molecule has 3 nitrogen and oxygen atoms in total. The fraction of sp³-hybridized carbons (Fsp3) is 0.167. The average Bonchev–Trinajstić information content (AvgIpc) is 2.51. The molecule has 0 atom stereocenters. The quantitative estimate of drug-likeness (QED) is 0.828. The lowest BCUT2D eigenvalue weighted by Crippen LogP contribution is -2.20. The third kappa shape index (κ3) is 4.89. The SMILES string of the molecule is Cc1cccc(/C=C/C(=O)NCc2ccc(CO)cc2)c1. The minimum atomic E-state index is -0.122. The molecule has 0 heterocycles. The summed E-state index contributed by atoms with van der Waals surface area (Å²) in [5, 5.41) is 11.8. The number of aliphatic hydroxyl groups excluding tert-OH is 1. The standard InChI is InChI=1S/C18H19NO2/c1-14-3-2-4-15(11-14)9-10-18(21)19-12-16-5-7-17(13-20)8-6-16/h2-11,20H,12-13H2,1H3,(H,19,21)/b10-9+. The first kappa shape index (κ1) is 15.0. The highest BCUT2D eigenvalue weighted by Gasteiger charge is 1.98. The van der Waals surface area contributed by atoms with Crippen LogP contribution in [-0.4, -0.2) is 11.0 Å². The third-order valence-corrected chi connectivity index (χ3v) is 3.14. The Balaban J connectivity index is 1.86. The molecule has 0 aromatic heterocycles. The van der Waals surface area contributed by atoms with Crippen LogP contribution in [0.2, 0.25) is 0 Å². The van der Waals surface area contributed by atoms with Crippen LogP contribution >= 0.6 is 0 Å². The Kier molecular flexibility index (Phi) is 5.29. The third-order valence-electron chi connectivity index (χ3n) is 3.14. The van der Waals surface area contributed by atoms with Gasteiger partial charge in [0.15, 0.2) is 0 Å². The van der Waals surface area contributed by atoms with Crippen molar-refractivity contribution in [1.82, 2.24) is 5.32 Å². The van der Waals surface area contributed by atoms with Crippen molar-refractivity contribution >= 4 is 12.0 Å². The van der Waals surface area contributed by atoms with E-state index in [4.69, 9.17) is 5.11 Å². The van der Waals surface area contributed by atoms with Gasteiger partial charge in [0.25, 0.3) is 0 Å². The second-order valence-corrected chi connectivity index (χ2v) is 4.94. The number of amides is 1. The van der Waals surface area contributed by atoms with Gasteiger partial charge in [0, 0.05) is 12.6 Å². The van der Waals surface area contributed by atoms with Crippen LogP contribution in [0.1, 0.15) is 22.3 Å². The van der Waals surface area contributed by atoms with Crippen LogP contribution in [0.5, 0.6) is 0 Å². The number of rotatable bonds is 5. The predicted octanol–water partition coefficient (Wildman–Crippen LogP) is 2.82. The maximum Gasteiger partial charge on any atom is 0.244 e. The predicted molar refractivity (Wildman–Crippen MR) is 84.4 cm³/mol. The minimum absolute atomic E-state index is 0.0336. The van der Waals surface area contributed by atoms with Gasteiger partial charge in [-0.15, -0.1) is 0 Å². The zero-order valence-corrected chi connectivity index (χ0v) is 12.0. The van der Waals surface area contributed by atoms with E-state index in [1.165, 1.54) is 11.6 Å². The Bertz CT molecular complexity index is 630. The van der Waals surface area contributed by atoms with E-state index in [0.717, 1.165) is 16.7 Å². The van der Waals surface area contributed by atoms with E-state index >= 15 is 0 Å². The summed E-state index contributed by atoms with van der Waals surface area (Å²) in [5.74, 6) is -0.122. The number of nitrogens with one attached hydrogen (secondary N) is 1. The van der Waals surface area contributed by atoms with Crippen molar-refractivity contribution < 1.29 is 9.90 Å². The lowest BCUT2D eigenvalue weighted by atomic mass is 10.1. The van der Waals surface area contributed by atoms with Crippen LogP contribution in [0.4, 0.5) is 0 Å². The first-order valence-corrected chi connectivity index (χ1v) is 6.88. The second-order valence-electron chi connectivity index (χ2n) is 4.94. The average molecular weight is 281 g/mol. The molecule has 21 heavy (non-hydrogen) atoms. The number of aryl methyl sites for hydroxylation is 1. The summed E-state index contributed by atoms with van der Waals surface area (Å²) in [6.07, 6.45) is 3.34. The molecule has 2 rings (SSSR count). The zero-order chi connectivity index (χ0) is 15.1. The topological polar surface area (TPSA) is 49.3 Å². The molecule has 3 heteroatoms. The number of aliphatic hydroxyl groups is 1. The Morgan fingerprint density at radius 3 is 2.52 bits per heavy atom. The molecule has 0 saturated carbocycles. The summed E-state index contributed by atoms with van der Waals surface area (Å²) in [7, 11) is 0. The molecule has 2 N–H and O–H groups in total. The number of benzene rings is 2. The number of carbonyl (C=O) groups excluding carboxylic acids is 1. The maximum atomic E-state index is 11.8. The van der Waals surface area contributed by atoms with Crippen molar-refractivity contribution in [2.45, 2.75) is 20.1 Å². The van der Waals surface area contributed by atoms with Crippen molar-refractivity contribution in [3.8, 4) is 0 Å². The molecule has 0 fully saturated rings. The van der Waals surface area contributed by atoms with E-state index in [0.29, 0.717) is 6.54 Å². The van der Waals surface area contributed by atoms with E-state index in [9.17, 15) is 4.79 Å². The van der Waals surface area contributed by atoms with Gasteiger partial charge in [-0.25, -0.2) is 0 Å². The molecule has 0 aliphatic carbocycles. The van der Waals surface area contributed by atoms with E-state index in [2.05, 4.69) is 5.32 Å². The van der Waals surface area contributed by atoms with Gasteiger partial charge < -0.3 is 10.4 Å². The molecule has 2 aromatic rings. The summed E-state index contributed by atoms with van der Waals surface area (Å²) in [6, 6.07) is 15.5. The lowest BCUT2D eigenvalue weighted by Gasteiger charge is -2.03. The monoisotopic (exact) mass is 281 g/mol. The molecular formula is C18H19NO2. The molecule has 0 bridgehead atoms. The number of carbonyl (C=O) groups is 1. The van der Waals surface area contributed by atoms with Gasteiger partial charge in [0.1, 0.15) is 0 Å². The van der Waals surface area contributed by atoms with Gasteiger partial charge in [-0.1, -0.05) is 54.1 Å². The normalized spacial score (nSPS) is 10.8. The fourth-order valence-electron chi connectivity index (χ4n) is 1.96. The van der Waals surface area contributed by atoms with Crippen LogP contribution in [-0.2, 0) is 17.9 Å². The van der Waals surface area contributed by atoms with E-state index in [-0.39, 0.29) is 12.5 Å². The van der Waals surface area contributed by atoms with Crippen LogP contribution in [0.15, 0.2) is 54.6 Å². The Labute approximate surface area is 124 Å². The van der Waals surface area contributed by atoms with Crippen LogP contribution < -0.4 is 5.32 Å². The van der Waals surface area contributed by atoms with Crippen LogP contribution in [0.3, 0.4) is 0 Å². The van der Waals surface area contributed by atoms with E-state index in [1.54, 1.807) is 6.08 Å². The molecule has 0 unspecified atom stereocenters. The van der Waals surface area contributed by atoms with Crippen molar-refractivity contribution in [1.29, 1.82) is 0 Å². The van der Waals surface area contributed by atoms with Crippen LogP contribution in [0, 0.1) is 6.92 Å². The molecule has 108 valence electrons. The van der Waals surface area contributed by atoms with Gasteiger partial charge in [0.2, 0.25) is 5.91 Å². The lowest BCUT2D eigenvalue weighted by molar-refractivity contribution is -0.116. The first-order chi connectivity index (χ1) is 10.2. The highest BCUT2D eigenvalue weighted by atomic mass is 16.3. The van der Waals surface area contributed by atoms with Crippen molar-refractivity contribution in [3.63, 3.8) is 0 Å². The fourth-order valence-corrected chi connectivity index (χ4v) is 1.96. The smallest absolute Gasteiger partial charge is 0.244 e. The van der Waals surface area contributed by atoms with Crippen LogP contribution in [0.25, 0.3) is 6.08 Å². The largest absolute Gasteiger partial charge is 0.392 e. The highest BCUT2D eigenvalue weighted by Crippen LogP contribution is 2.06. The molecule has 1 amide bonds. The Hall–Kier alpha value is -2.39. The molecular weight excluding hydrogens is 262 g/mol. The second kappa shape index (κ2) is 7.41. The molecule has 0 radical (unpaired) electrons. The number of hydrogen-bond donors (Lipinski definition) is 2. The zero-order valence-electron chi connectivity index (χ0n) is 12.0. The molecule has 0 aliphatic heterocycles. The molecule has 0 spiro atoms. The van der Waals surface area contributed by atoms with Crippen molar-refractivity contribution in [2.24, 2.45) is 0 Å². The first-order valence-electron chi connectivity index (χ1n) is 6.88. The summed E-state index contributed by atoms with van der Waals surface area (Å²) < 4.78 is 0. The van der Waals surface area contributed by atoms with Gasteiger partial charge in [-0.2, -0.15) is 0 Å². The van der Waals surface area contributed by atoms with Gasteiger partial charge in [0.05, 0.1) is 6.61 Å². The summed E-state index contributed by atoms with van der Waals surface area (Å²) in [4.78, 5) is 11.8. The van der Waals surface area contributed by atoms with E-state index < -0.39 is 0 Å². The molecule has 0 aliphatic rings. The van der Waals surface area contributed by atoms with Gasteiger partial charge in [-0.3, -0.25) is 4.79 Å². The van der Waals surface area contributed by atoms with Crippen molar-refractivity contribution in [3.05, 3.63) is 76.9 Å². The summed E-state index contributed by atoms with van der Waals surface area (Å²) in [5.41, 5.74) is 4.05. The highest BCUT2D eigenvalue weighted by molar-refractivity contribution is 5.91. The maximum absolute atomic E-state index is 11.8. The minimum Gasteiger partial charge on any atom is -0.392 e. The Morgan fingerprint density at radius 2 is 1.86 bits per heavy atom. The summed E-state index contributed by atoms with van der Waals surface area (Å²) >= 11 is 0. The van der Waals surface area contributed by atoms with Crippen molar-refractivity contribution in [2.75, 3.05) is 0 Å².